The van der Waals surface area contributed by atoms with Gasteiger partial charge in [-0.3, -0.25) is 23.9 Å². The van der Waals surface area contributed by atoms with E-state index in [4.69, 9.17) is 21.3 Å². The Balaban J connectivity index is 1.10. The third-order valence-electron chi connectivity index (χ3n) is 9.54. The van der Waals surface area contributed by atoms with E-state index in [0.717, 1.165) is 65.9 Å². The number of piperidine rings is 1. The van der Waals surface area contributed by atoms with Crippen molar-refractivity contribution in [2.24, 2.45) is 7.05 Å². The summed E-state index contributed by atoms with van der Waals surface area (Å²) >= 11 is 7.77. The first-order chi connectivity index (χ1) is 22.7. The Morgan fingerprint density at radius 1 is 1.17 bits per heavy atom. The van der Waals surface area contributed by atoms with Gasteiger partial charge in [0.2, 0.25) is 0 Å². The number of ether oxygens (including phenoxy) is 1. The molecule has 1 aliphatic carbocycles. The lowest BCUT2D eigenvalue weighted by molar-refractivity contribution is 0.0699. The molecule has 47 heavy (non-hydrogen) atoms. The molecule has 7 rings (SSSR count). The molecular weight excluding hydrogens is 636 g/mol. The van der Waals surface area contributed by atoms with Crippen molar-refractivity contribution < 1.29 is 14.6 Å². The molecule has 5 heterocycles. The number of carbonyl (C=O) groups is 1. The summed E-state index contributed by atoms with van der Waals surface area (Å²) in [4.78, 5) is 37.7. The lowest BCUT2D eigenvalue weighted by atomic mass is 9.87. The summed E-state index contributed by atoms with van der Waals surface area (Å²) in [5.41, 5.74) is 5.92. The largest absolute Gasteiger partial charge is 0.491 e. The van der Waals surface area contributed by atoms with Crippen molar-refractivity contribution in [2.75, 3.05) is 19.7 Å². The highest BCUT2D eigenvalue weighted by molar-refractivity contribution is 7.18. The van der Waals surface area contributed by atoms with Crippen molar-refractivity contribution in [1.82, 2.24) is 29.2 Å². The van der Waals surface area contributed by atoms with Crippen molar-refractivity contribution in [2.45, 2.75) is 64.5 Å². The minimum Gasteiger partial charge on any atom is -0.491 e. The van der Waals surface area contributed by atoms with Gasteiger partial charge in [-0.25, -0.2) is 9.78 Å². The van der Waals surface area contributed by atoms with Gasteiger partial charge in [0.1, 0.15) is 18.2 Å². The average Bonchev–Trinajstić information content (AvgIpc) is 3.69. The van der Waals surface area contributed by atoms with Crippen molar-refractivity contribution in [3.8, 4) is 16.9 Å². The van der Waals surface area contributed by atoms with Gasteiger partial charge in [-0.2, -0.15) is 5.10 Å². The van der Waals surface area contributed by atoms with Gasteiger partial charge in [0.25, 0.3) is 5.56 Å². The summed E-state index contributed by atoms with van der Waals surface area (Å²) in [5, 5.41) is 16.2. The Bertz CT molecular complexity index is 2050. The maximum atomic E-state index is 13.9. The standard InChI is InChI=1S/C35H37ClN6O4S/c1-20-13-27(33-32(38-20)29(19-47-33)35(44)45)26-14-24(36)6-9-31(26)46-12-11-42-21(2)39-30-8-7-25(15-28(30)34(42)43)41-10-4-5-22(18-41)23-16-37-40(3)17-23/h6,9,13-14,16-17,19,22,25H,4-5,7-8,10-12,15,18H2,1-3H3,(H,44,45)/t22-,25+/m0/s1. The maximum Gasteiger partial charge on any atom is 0.338 e. The van der Waals surface area contributed by atoms with Crippen LogP contribution >= 0.6 is 22.9 Å². The lowest BCUT2D eigenvalue weighted by Gasteiger charge is -2.40. The van der Waals surface area contributed by atoms with E-state index in [1.807, 2.05) is 50.0 Å². The molecule has 0 unspecified atom stereocenters. The molecule has 0 saturated carbocycles. The number of pyridine rings is 1. The minimum absolute atomic E-state index is 0.0178. The molecule has 1 aromatic carbocycles. The average molecular weight is 673 g/mol. The van der Waals surface area contributed by atoms with E-state index in [9.17, 15) is 14.7 Å². The van der Waals surface area contributed by atoms with Crippen LogP contribution in [0.5, 0.6) is 5.75 Å². The number of thiophene rings is 1. The van der Waals surface area contributed by atoms with E-state index in [1.54, 1.807) is 16.0 Å². The zero-order chi connectivity index (χ0) is 32.8. The SMILES string of the molecule is Cc1cc(-c2cc(Cl)ccc2OCCn2c(C)nc3c(c2=O)C[C@H](N2CCC[C@H](c4cnn(C)c4)C2)CC3)c2scc(C(=O)O)c2n1. The molecule has 1 N–H and O–H groups in total. The number of aryl methyl sites for hydroxylation is 4. The number of fused-ring (bicyclic) bond motifs is 2. The molecule has 0 bridgehead atoms. The summed E-state index contributed by atoms with van der Waals surface area (Å²) in [5.74, 6) is 0.732. The van der Waals surface area contributed by atoms with E-state index in [-0.39, 0.29) is 17.7 Å². The number of aromatic nitrogens is 5. The van der Waals surface area contributed by atoms with Crippen molar-refractivity contribution >= 4 is 39.1 Å². The molecule has 244 valence electrons. The molecule has 12 heteroatoms. The normalized spacial score (nSPS) is 18.4. The molecule has 0 spiro atoms. The number of halogens is 1. The molecule has 4 aromatic heterocycles. The molecule has 5 aromatic rings. The second kappa shape index (κ2) is 12.9. The molecular formula is C35H37ClN6O4S. The Labute approximate surface area is 281 Å². The number of rotatable bonds is 8. The predicted molar refractivity (Wildman–Crippen MR) is 183 cm³/mol. The van der Waals surface area contributed by atoms with Crippen LogP contribution in [-0.2, 0) is 26.4 Å². The number of carboxylic acid groups (broad SMARTS) is 1. The number of hydrogen-bond acceptors (Lipinski definition) is 8. The van der Waals surface area contributed by atoms with Crippen molar-refractivity contribution in [3.63, 3.8) is 0 Å². The van der Waals surface area contributed by atoms with Crippen LogP contribution in [0, 0.1) is 13.8 Å². The monoisotopic (exact) mass is 672 g/mol. The van der Waals surface area contributed by atoms with Crippen LogP contribution in [-0.4, -0.2) is 66.0 Å². The first-order valence-corrected chi connectivity index (χ1v) is 17.3. The number of nitrogens with zero attached hydrogens (tertiary/aromatic N) is 6. The number of aromatic carboxylic acids is 1. The second-order valence-corrected chi connectivity index (χ2v) is 14.0. The molecule has 2 aliphatic rings. The molecule has 0 amide bonds. The van der Waals surface area contributed by atoms with Crippen LogP contribution in [0.3, 0.4) is 0 Å². The van der Waals surface area contributed by atoms with Gasteiger partial charge in [0.05, 0.1) is 34.2 Å². The summed E-state index contributed by atoms with van der Waals surface area (Å²) in [7, 11) is 1.96. The van der Waals surface area contributed by atoms with Gasteiger partial charge >= 0.3 is 5.97 Å². The van der Waals surface area contributed by atoms with Gasteiger partial charge in [0.15, 0.2) is 0 Å². The summed E-state index contributed by atoms with van der Waals surface area (Å²) in [6.45, 7) is 6.35. The number of benzene rings is 1. The topological polar surface area (TPSA) is 115 Å². The first kappa shape index (κ1) is 31.5. The van der Waals surface area contributed by atoms with Crippen LogP contribution in [0.1, 0.15) is 63.9 Å². The third kappa shape index (κ3) is 6.19. The number of likely N-dealkylation sites (tertiary alicyclic amines) is 1. The highest BCUT2D eigenvalue weighted by atomic mass is 35.5. The maximum absolute atomic E-state index is 13.9. The van der Waals surface area contributed by atoms with Crippen LogP contribution in [0.15, 0.2) is 46.8 Å². The molecule has 1 aliphatic heterocycles. The highest BCUT2D eigenvalue weighted by Crippen LogP contribution is 2.40. The zero-order valence-corrected chi connectivity index (χ0v) is 28.3. The smallest absolute Gasteiger partial charge is 0.338 e. The number of carboxylic acids is 1. The predicted octanol–water partition coefficient (Wildman–Crippen LogP) is 6.04. The van der Waals surface area contributed by atoms with Crippen molar-refractivity contribution in [1.29, 1.82) is 0 Å². The molecule has 1 saturated heterocycles. The quantitative estimate of drug-likeness (QED) is 0.212. The Morgan fingerprint density at radius 3 is 2.81 bits per heavy atom. The summed E-state index contributed by atoms with van der Waals surface area (Å²) in [6.07, 6.45) is 8.94. The lowest BCUT2D eigenvalue weighted by Crippen LogP contribution is -2.46. The van der Waals surface area contributed by atoms with Gasteiger partial charge in [-0.1, -0.05) is 11.6 Å². The van der Waals surface area contributed by atoms with E-state index in [1.165, 1.54) is 16.9 Å². The number of hydrogen-bond donors (Lipinski definition) is 1. The molecule has 10 nitrogen and oxygen atoms in total. The van der Waals surface area contributed by atoms with E-state index < -0.39 is 5.97 Å². The second-order valence-electron chi connectivity index (χ2n) is 12.7. The van der Waals surface area contributed by atoms with E-state index in [0.29, 0.717) is 52.7 Å². The van der Waals surface area contributed by atoms with Gasteiger partial charge in [-0.15, -0.1) is 11.3 Å². The van der Waals surface area contributed by atoms with E-state index >= 15 is 0 Å². The fraction of sp³-hybridized carbons (Fsp3) is 0.400. The Hall–Kier alpha value is -4.06. The zero-order valence-electron chi connectivity index (χ0n) is 26.7. The van der Waals surface area contributed by atoms with Crippen molar-refractivity contribution in [3.05, 3.63) is 91.3 Å². The summed E-state index contributed by atoms with van der Waals surface area (Å²) in [6, 6.07) is 7.64. The third-order valence-corrected chi connectivity index (χ3v) is 10.8. The Morgan fingerprint density at radius 2 is 2.02 bits per heavy atom. The Kier molecular flexibility index (Phi) is 8.63. The van der Waals surface area contributed by atoms with Gasteiger partial charge < -0.3 is 9.84 Å². The molecule has 1 fully saturated rings. The van der Waals surface area contributed by atoms with Gasteiger partial charge in [-0.05, 0) is 88.2 Å². The highest BCUT2D eigenvalue weighted by Gasteiger charge is 2.32. The van der Waals surface area contributed by atoms with Crippen LogP contribution < -0.4 is 10.3 Å². The first-order valence-electron chi connectivity index (χ1n) is 16.0. The summed E-state index contributed by atoms with van der Waals surface area (Å²) < 4.78 is 10.7. The van der Waals surface area contributed by atoms with Crippen LogP contribution in [0.2, 0.25) is 5.02 Å². The minimum atomic E-state index is -1.02. The fourth-order valence-electron chi connectivity index (χ4n) is 7.22. The fourth-order valence-corrected chi connectivity index (χ4v) is 8.40. The van der Waals surface area contributed by atoms with Gasteiger partial charge in [0, 0.05) is 58.6 Å². The van der Waals surface area contributed by atoms with Crippen LogP contribution in [0.4, 0.5) is 0 Å². The van der Waals surface area contributed by atoms with E-state index in [2.05, 4.69) is 21.2 Å². The van der Waals surface area contributed by atoms with Crippen LogP contribution in [0.25, 0.3) is 21.3 Å². The molecule has 0 radical (unpaired) electrons. The molecule has 2 atom stereocenters.